The van der Waals surface area contributed by atoms with Crippen LogP contribution in [-0.4, -0.2) is 25.7 Å². The molecule has 1 amide bonds. The second-order valence-corrected chi connectivity index (χ2v) is 7.96. The van der Waals surface area contributed by atoms with E-state index >= 15 is 0 Å². The van der Waals surface area contributed by atoms with Gasteiger partial charge in [-0.15, -0.1) is 21.5 Å². The van der Waals surface area contributed by atoms with E-state index in [2.05, 4.69) is 20.5 Å². The van der Waals surface area contributed by atoms with Gasteiger partial charge in [0.2, 0.25) is 0 Å². The molecule has 0 aliphatic heterocycles. The number of hydrogen-bond donors (Lipinski definition) is 1. The maximum atomic E-state index is 13.0. The van der Waals surface area contributed by atoms with Crippen molar-refractivity contribution in [2.75, 3.05) is 5.32 Å². The number of aryl methyl sites for hydroxylation is 1. The van der Waals surface area contributed by atoms with E-state index in [1.165, 1.54) is 47.4 Å². The van der Waals surface area contributed by atoms with Crippen LogP contribution >= 0.6 is 23.1 Å². The first kappa shape index (κ1) is 19.3. The molecule has 0 saturated heterocycles. The maximum absolute atomic E-state index is 13.0. The van der Waals surface area contributed by atoms with Crippen LogP contribution in [0.3, 0.4) is 0 Å². The molecule has 2 heterocycles. The Bertz CT molecular complexity index is 1130. The third kappa shape index (κ3) is 4.52. The number of nitrogens with zero attached hydrogens (tertiary/aromatic N) is 4. The van der Waals surface area contributed by atoms with Crippen molar-refractivity contribution in [3.63, 3.8) is 0 Å². The molecule has 146 valence electrons. The number of anilines is 1. The topological polar surface area (TPSA) is 72.7 Å². The number of thiazole rings is 1. The first-order chi connectivity index (χ1) is 14.1. The number of nitrogens with one attached hydrogen (secondary N) is 1. The predicted molar refractivity (Wildman–Crippen MR) is 112 cm³/mol. The number of rotatable bonds is 6. The van der Waals surface area contributed by atoms with Crippen LogP contribution in [0, 0.1) is 12.7 Å². The van der Waals surface area contributed by atoms with Gasteiger partial charge in [0.25, 0.3) is 5.91 Å². The Morgan fingerprint density at radius 1 is 1.14 bits per heavy atom. The van der Waals surface area contributed by atoms with Gasteiger partial charge >= 0.3 is 0 Å². The van der Waals surface area contributed by atoms with Gasteiger partial charge in [-0.1, -0.05) is 30.0 Å². The van der Waals surface area contributed by atoms with Crippen LogP contribution in [0.1, 0.15) is 21.3 Å². The highest BCUT2D eigenvalue weighted by atomic mass is 32.2. The van der Waals surface area contributed by atoms with Crippen LogP contribution in [0.4, 0.5) is 10.1 Å². The Morgan fingerprint density at radius 3 is 2.66 bits per heavy atom. The minimum atomic E-state index is -0.352. The van der Waals surface area contributed by atoms with E-state index in [1.807, 2.05) is 41.8 Å². The van der Waals surface area contributed by atoms with Gasteiger partial charge in [0.1, 0.15) is 22.3 Å². The van der Waals surface area contributed by atoms with Crippen LogP contribution in [0.2, 0.25) is 0 Å². The van der Waals surface area contributed by atoms with Crippen molar-refractivity contribution in [1.29, 1.82) is 0 Å². The van der Waals surface area contributed by atoms with Gasteiger partial charge in [0, 0.05) is 16.8 Å². The molecule has 0 aliphatic rings. The highest BCUT2D eigenvalue weighted by molar-refractivity contribution is 7.98. The Balaban J connectivity index is 1.43. The molecular weight excluding hydrogens is 409 g/mol. The SMILES string of the molecule is Cc1nnc(SCc2nc(C(=O)Nc3ccc(F)cc3)cs2)n1-c1ccccc1. The van der Waals surface area contributed by atoms with E-state index < -0.39 is 0 Å². The highest BCUT2D eigenvalue weighted by Gasteiger charge is 2.15. The first-order valence-corrected chi connectivity index (χ1v) is 10.6. The lowest BCUT2D eigenvalue weighted by Gasteiger charge is -2.07. The summed E-state index contributed by atoms with van der Waals surface area (Å²) in [6.45, 7) is 1.91. The minimum Gasteiger partial charge on any atom is -0.321 e. The normalized spacial score (nSPS) is 10.8. The van der Waals surface area contributed by atoms with Crippen molar-refractivity contribution >= 4 is 34.7 Å². The Morgan fingerprint density at radius 2 is 1.90 bits per heavy atom. The van der Waals surface area contributed by atoms with Crippen molar-refractivity contribution in [2.24, 2.45) is 0 Å². The summed E-state index contributed by atoms with van der Waals surface area (Å²) in [7, 11) is 0. The van der Waals surface area contributed by atoms with Gasteiger partial charge in [0.15, 0.2) is 5.16 Å². The molecule has 0 bridgehead atoms. The summed E-state index contributed by atoms with van der Waals surface area (Å²) >= 11 is 2.92. The van der Waals surface area contributed by atoms with Crippen LogP contribution in [0.15, 0.2) is 65.1 Å². The molecule has 2 aromatic carbocycles. The molecule has 0 radical (unpaired) electrons. The average Bonchev–Trinajstić information content (AvgIpc) is 3.35. The number of para-hydroxylation sites is 1. The largest absolute Gasteiger partial charge is 0.321 e. The number of carbonyl (C=O) groups is 1. The molecule has 0 unspecified atom stereocenters. The standard InChI is InChI=1S/C20H16FN5OS2/c1-13-24-25-20(26(13)16-5-3-2-4-6-16)29-12-18-23-17(11-28-18)19(27)22-15-9-7-14(21)8-10-15/h2-11H,12H2,1H3,(H,22,27). The van der Waals surface area contributed by atoms with Gasteiger partial charge in [-0.3, -0.25) is 9.36 Å². The highest BCUT2D eigenvalue weighted by Crippen LogP contribution is 2.26. The van der Waals surface area contributed by atoms with E-state index in [9.17, 15) is 9.18 Å². The molecule has 29 heavy (non-hydrogen) atoms. The molecule has 0 atom stereocenters. The fourth-order valence-electron chi connectivity index (χ4n) is 2.65. The molecule has 0 saturated carbocycles. The summed E-state index contributed by atoms with van der Waals surface area (Å²) in [5.41, 5.74) is 1.85. The lowest BCUT2D eigenvalue weighted by molar-refractivity contribution is 0.102. The lowest BCUT2D eigenvalue weighted by atomic mass is 10.3. The van der Waals surface area contributed by atoms with Gasteiger partial charge in [-0.25, -0.2) is 9.37 Å². The average molecular weight is 426 g/mol. The molecule has 1 N–H and O–H groups in total. The van der Waals surface area contributed by atoms with Gasteiger partial charge in [-0.2, -0.15) is 0 Å². The zero-order valence-corrected chi connectivity index (χ0v) is 17.0. The summed E-state index contributed by atoms with van der Waals surface area (Å²) in [5, 5.41) is 14.4. The molecule has 6 nitrogen and oxygen atoms in total. The van der Waals surface area contributed by atoms with E-state index in [4.69, 9.17) is 0 Å². The van der Waals surface area contributed by atoms with Gasteiger partial charge < -0.3 is 5.32 Å². The van der Waals surface area contributed by atoms with Crippen LogP contribution in [-0.2, 0) is 5.75 Å². The smallest absolute Gasteiger partial charge is 0.275 e. The molecule has 4 rings (SSSR count). The second-order valence-electron chi connectivity index (χ2n) is 6.08. The van der Waals surface area contributed by atoms with Gasteiger partial charge in [0.05, 0.1) is 5.75 Å². The zero-order chi connectivity index (χ0) is 20.2. The summed E-state index contributed by atoms with van der Waals surface area (Å²) in [5.74, 6) is 0.693. The number of hydrogen-bond acceptors (Lipinski definition) is 6. The summed E-state index contributed by atoms with van der Waals surface area (Å²) in [4.78, 5) is 16.7. The van der Waals surface area contributed by atoms with Crippen molar-refractivity contribution in [1.82, 2.24) is 19.7 Å². The number of halogens is 1. The summed E-state index contributed by atoms with van der Waals surface area (Å²) < 4.78 is 15.0. The van der Waals surface area contributed by atoms with Crippen LogP contribution < -0.4 is 5.32 Å². The van der Waals surface area contributed by atoms with Gasteiger partial charge in [-0.05, 0) is 43.3 Å². The van der Waals surface area contributed by atoms with Crippen molar-refractivity contribution < 1.29 is 9.18 Å². The molecular formula is C20H16FN5OS2. The predicted octanol–water partition coefficient (Wildman–Crippen LogP) is 4.72. The fourth-order valence-corrected chi connectivity index (χ4v) is 4.44. The quantitative estimate of drug-likeness (QED) is 0.453. The fraction of sp³-hybridized carbons (Fsp3) is 0.100. The molecule has 0 fully saturated rings. The van der Waals surface area contributed by atoms with Crippen LogP contribution in [0.5, 0.6) is 0 Å². The first-order valence-electron chi connectivity index (χ1n) is 8.72. The minimum absolute atomic E-state index is 0.326. The summed E-state index contributed by atoms with van der Waals surface area (Å²) in [6.07, 6.45) is 0. The number of benzene rings is 2. The van der Waals surface area contributed by atoms with E-state index in [0.717, 1.165) is 21.7 Å². The van der Waals surface area contributed by atoms with Crippen molar-refractivity contribution in [3.8, 4) is 5.69 Å². The number of thioether (sulfide) groups is 1. The zero-order valence-electron chi connectivity index (χ0n) is 15.4. The Hall–Kier alpha value is -3.04. The molecule has 4 aromatic rings. The monoisotopic (exact) mass is 425 g/mol. The Labute approximate surface area is 174 Å². The number of amides is 1. The van der Waals surface area contributed by atoms with Crippen molar-refractivity contribution in [3.05, 3.63) is 82.3 Å². The third-order valence-corrected chi connectivity index (χ3v) is 5.99. The van der Waals surface area contributed by atoms with Crippen molar-refractivity contribution in [2.45, 2.75) is 17.8 Å². The number of aromatic nitrogens is 4. The Kier molecular flexibility index (Phi) is 5.68. The van der Waals surface area contributed by atoms with E-state index in [1.54, 1.807) is 5.38 Å². The second kappa shape index (κ2) is 8.54. The van der Waals surface area contributed by atoms with E-state index in [0.29, 0.717) is 17.1 Å². The number of carbonyl (C=O) groups excluding carboxylic acids is 1. The maximum Gasteiger partial charge on any atom is 0.275 e. The van der Waals surface area contributed by atoms with E-state index in [-0.39, 0.29) is 11.7 Å². The lowest BCUT2D eigenvalue weighted by Crippen LogP contribution is -2.12. The molecule has 9 heteroatoms. The summed E-state index contributed by atoms with van der Waals surface area (Å²) in [6, 6.07) is 15.5. The van der Waals surface area contributed by atoms with Crippen LogP contribution in [0.25, 0.3) is 5.69 Å². The molecule has 0 spiro atoms. The molecule has 0 aliphatic carbocycles. The third-order valence-electron chi connectivity index (χ3n) is 4.02. The molecule has 2 aromatic heterocycles.